The molecule has 0 bridgehead atoms. The summed E-state index contributed by atoms with van der Waals surface area (Å²) in [5, 5.41) is 6.77. The Hall–Kier alpha value is -1.79. The molecule has 6 nitrogen and oxygen atoms in total. The van der Waals surface area contributed by atoms with E-state index in [4.69, 9.17) is 9.47 Å². The summed E-state index contributed by atoms with van der Waals surface area (Å²) in [6, 6.07) is 6.28. The second-order valence-electron chi connectivity index (χ2n) is 7.29. The van der Waals surface area contributed by atoms with Crippen LogP contribution in [0.2, 0.25) is 0 Å². The molecule has 0 heterocycles. The van der Waals surface area contributed by atoms with Gasteiger partial charge in [-0.05, 0) is 46.5 Å². The SMILES string of the molecule is CN=C(NCc1ccc(C)cc1OCCCOC)NCC(C)(C)N(C)C. The van der Waals surface area contributed by atoms with Crippen LogP contribution in [0.1, 0.15) is 31.4 Å². The van der Waals surface area contributed by atoms with E-state index in [2.05, 4.69) is 73.6 Å². The zero-order chi connectivity index (χ0) is 19.6. The van der Waals surface area contributed by atoms with E-state index in [0.717, 1.165) is 30.2 Å². The van der Waals surface area contributed by atoms with Gasteiger partial charge in [-0.25, -0.2) is 0 Å². The van der Waals surface area contributed by atoms with Crippen molar-refractivity contribution in [2.45, 2.75) is 39.3 Å². The molecule has 0 unspecified atom stereocenters. The minimum atomic E-state index is 0.0388. The highest BCUT2D eigenvalue weighted by molar-refractivity contribution is 5.79. The molecule has 148 valence electrons. The van der Waals surface area contributed by atoms with Crippen LogP contribution in [-0.4, -0.2) is 64.4 Å². The van der Waals surface area contributed by atoms with Crippen LogP contribution in [0.3, 0.4) is 0 Å². The lowest BCUT2D eigenvalue weighted by atomic mass is 10.0. The molecule has 26 heavy (non-hydrogen) atoms. The first kappa shape index (κ1) is 22.3. The number of aryl methyl sites for hydroxylation is 1. The predicted molar refractivity (Wildman–Crippen MR) is 109 cm³/mol. The highest BCUT2D eigenvalue weighted by Crippen LogP contribution is 2.20. The van der Waals surface area contributed by atoms with Crippen LogP contribution in [0.5, 0.6) is 5.75 Å². The molecule has 1 aromatic carbocycles. The molecule has 0 saturated heterocycles. The molecular formula is C20H36N4O2. The van der Waals surface area contributed by atoms with Gasteiger partial charge in [-0.1, -0.05) is 12.1 Å². The van der Waals surface area contributed by atoms with Crippen molar-refractivity contribution < 1.29 is 9.47 Å². The number of nitrogens with zero attached hydrogens (tertiary/aromatic N) is 2. The Morgan fingerprint density at radius 1 is 1.19 bits per heavy atom. The van der Waals surface area contributed by atoms with Gasteiger partial charge in [0.1, 0.15) is 5.75 Å². The van der Waals surface area contributed by atoms with E-state index in [-0.39, 0.29) is 5.54 Å². The fraction of sp³-hybridized carbons (Fsp3) is 0.650. The van der Waals surface area contributed by atoms with Crippen LogP contribution in [-0.2, 0) is 11.3 Å². The summed E-state index contributed by atoms with van der Waals surface area (Å²) in [5.41, 5.74) is 2.34. The lowest BCUT2D eigenvalue weighted by molar-refractivity contribution is 0.171. The number of methoxy groups -OCH3 is 1. The largest absolute Gasteiger partial charge is 0.493 e. The zero-order valence-corrected chi connectivity index (χ0v) is 17.5. The van der Waals surface area contributed by atoms with Crippen molar-refractivity contribution in [3.05, 3.63) is 29.3 Å². The maximum absolute atomic E-state index is 5.94. The van der Waals surface area contributed by atoms with Gasteiger partial charge in [0.25, 0.3) is 0 Å². The number of nitrogens with one attached hydrogen (secondary N) is 2. The number of aliphatic imine (C=N–C) groups is 1. The number of hydrogen-bond acceptors (Lipinski definition) is 4. The summed E-state index contributed by atoms with van der Waals surface area (Å²) < 4.78 is 11.0. The molecular weight excluding hydrogens is 328 g/mol. The van der Waals surface area contributed by atoms with Gasteiger partial charge in [0, 0.05) is 51.4 Å². The van der Waals surface area contributed by atoms with E-state index in [9.17, 15) is 0 Å². The first-order valence-electron chi connectivity index (χ1n) is 9.13. The quantitative estimate of drug-likeness (QED) is 0.379. The lowest BCUT2D eigenvalue weighted by Gasteiger charge is -2.33. The summed E-state index contributed by atoms with van der Waals surface area (Å²) >= 11 is 0. The van der Waals surface area contributed by atoms with Crippen LogP contribution in [0.25, 0.3) is 0 Å². The Morgan fingerprint density at radius 2 is 1.92 bits per heavy atom. The van der Waals surface area contributed by atoms with Crippen molar-refractivity contribution in [1.82, 2.24) is 15.5 Å². The van der Waals surface area contributed by atoms with Crippen molar-refractivity contribution in [1.29, 1.82) is 0 Å². The standard InChI is InChI=1S/C20H36N4O2/c1-16-9-10-17(18(13-16)26-12-8-11-25-7)14-22-19(21-4)23-15-20(2,3)24(5)6/h9-10,13H,8,11-12,14-15H2,1-7H3,(H2,21,22,23). The van der Waals surface area contributed by atoms with Crippen LogP contribution in [0.15, 0.2) is 23.2 Å². The fourth-order valence-corrected chi connectivity index (χ4v) is 2.19. The molecule has 0 aromatic heterocycles. The summed E-state index contributed by atoms with van der Waals surface area (Å²) in [6.45, 7) is 9.27. The van der Waals surface area contributed by atoms with Gasteiger partial charge < -0.3 is 25.0 Å². The Labute approximate surface area is 159 Å². The zero-order valence-electron chi connectivity index (χ0n) is 17.5. The Bertz CT molecular complexity index is 571. The molecule has 0 aliphatic rings. The lowest BCUT2D eigenvalue weighted by Crippen LogP contribution is -2.50. The van der Waals surface area contributed by atoms with Crippen molar-refractivity contribution in [2.75, 3.05) is 48.0 Å². The van der Waals surface area contributed by atoms with Crippen LogP contribution in [0.4, 0.5) is 0 Å². The third kappa shape index (κ3) is 7.62. The highest BCUT2D eigenvalue weighted by Gasteiger charge is 2.20. The van der Waals surface area contributed by atoms with Crippen LogP contribution in [0, 0.1) is 6.92 Å². The predicted octanol–water partition coefficient (Wildman–Crippen LogP) is 2.42. The fourth-order valence-electron chi connectivity index (χ4n) is 2.19. The molecule has 6 heteroatoms. The number of rotatable bonds is 10. The van der Waals surface area contributed by atoms with Crippen molar-refractivity contribution in [2.24, 2.45) is 4.99 Å². The molecule has 2 N–H and O–H groups in total. The molecule has 0 atom stereocenters. The molecule has 1 aromatic rings. The van der Waals surface area contributed by atoms with Gasteiger partial charge >= 0.3 is 0 Å². The van der Waals surface area contributed by atoms with Crippen molar-refractivity contribution in [3.63, 3.8) is 0 Å². The van der Waals surface area contributed by atoms with E-state index < -0.39 is 0 Å². The number of hydrogen-bond donors (Lipinski definition) is 2. The Balaban J connectivity index is 2.64. The summed E-state index contributed by atoms with van der Waals surface area (Å²) in [7, 11) is 7.66. The van der Waals surface area contributed by atoms with Gasteiger partial charge in [-0.2, -0.15) is 0 Å². The molecule has 0 radical (unpaired) electrons. The van der Waals surface area contributed by atoms with E-state index >= 15 is 0 Å². The van der Waals surface area contributed by atoms with Gasteiger partial charge in [-0.3, -0.25) is 4.99 Å². The van der Waals surface area contributed by atoms with E-state index in [1.165, 1.54) is 5.56 Å². The summed E-state index contributed by atoms with van der Waals surface area (Å²) in [6.07, 6.45) is 0.875. The minimum absolute atomic E-state index is 0.0388. The van der Waals surface area contributed by atoms with Gasteiger partial charge in [0.2, 0.25) is 0 Å². The first-order chi connectivity index (χ1) is 12.3. The molecule has 0 amide bonds. The maximum Gasteiger partial charge on any atom is 0.191 e. The molecule has 0 saturated carbocycles. The Kier molecular flexibility index (Phi) is 9.44. The van der Waals surface area contributed by atoms with Crippen molar-refractivity contribution >= 4 is 5.96 Å². The average Bonchev–Trinajstić information content (AvgIpc) is 2.60. The molecule has 0 aliphatic carbocycles. The summed E-state index contributed by atoms with van der Waals surface area (Å²) in [5.74, 6) is 1.70. The number of likely N-dealkylation sites (N-methyl/N-ethyl adjacent to an activating group) is 1. The third-order valence-electron chi connectivity index (χ3n) is 4.54. The molecule has 0 fully saturated rings. The topological polar surface area (TPSA) is 58.1 Å². The van der Waals surface area contributed by atoms with Crippen molar-refractivity contribution in [3.8, 4) is 5.75 Å². The average molecular weight is 365 g/mol. The summed E-state index contributed by atoms with van der Waals surface area (Å²) in [4.78, 5) is 6.51. The highest BCUT2D eigenvalue weighted by atomic mass is 16.5. The van der Waals surface area contributed by atoms with Crippen LogP contribution < -0.4 is 15.4 Å². The van der Waals surface area contributed by atoms with Gasteiger partial charge in [0.05, 0.1) is 6.61 Å². The van der Waals surface area contributed by atoms with Gasteiger partial charge in [0.15, 0.2) is 5.96 Å². The Morgan fingerprint density at radius 3 is 2.54 bits per heavy atom. The second-order valence-corrected chi connectivity index (χ2v) is 7.29. The maximum atomic E-state index is 5.94. The molecule has 0 spiro atoms. The van der Waals surface area contributed by atoms with Crippen LogP contribution >= 0.6 is 0 Å². The number of benzene rings is 1. The third-order valence-corrected chi connectivity index (χ3v) is 4.54. The molecule has 0 aliphatic heterocycles. The smallest absolute Gasteiger partial charge is 0.191 e. The van der Waals surface area contributed by atoms with E-state index in [0.29, 0.717) is 19.8 Å². The normalized spacial score (nSPS) is 12.4. The second kappa shape index (κ2) is 11.0. The first-order valence-corrected chi connectivity index (χ1v) is 9.13. The molecule has 1 rings (SSSR count). The number of ether oxygens (including phenoxy) is 2. The minimum Gasteiger partial charge on any atom is -0.493 e. The monoisotopic (exact) mass is 364 g/mol. The number of guanidine groups is 1. The van der Waals surface area contributed by atoms with Gasteiger partial charge in [-0.15, -0.1) is 0 Å². The van der Waals surface area contributed by atoms with E-state index in [1.807, 2.05) is 0 Å². The van der Waals surface area contributed by atoms with E-state index in [1.54, 1.807) is 14.2 Å².